The van der Waals surface area contributed by atoms with Crippen LogP contribution in [0, 0.1) is 0 Å². The Hall–Kier alpha value is -2.18. The number of hydrogen-bond acceptors (Lipinski definition) is 2. The van der Waals surface area contributed by atoms with Crippen molar-refractivity contribution in [2.24, 2.45) is 4.99 Å². The summed E-state index contributed by atoms with van der Waals surface area (Å²) in [7, 11) is 1.50. The third kappa shape index (κ3) is 4.70. The van der Waals surface area contributed by atoms with E-state index in [1.54, 1.807) is 0 Å². The van der Waals surface area contributed by atoms with E-state index >= 15 is 0 Å². The molecule has 0 fully saturated rings. The second-order valence-corrected chi connectivity index (χ2v) is 4.47. The summed E-state index contributed by atoms with van der Waals surface area (Å²) >= 11 is 0. The number of rotatable bonds is 4. The number of halogens is 3. The van der Waals surface area contributed by atoms with Crippen molar-refractivity contribution in [3.63, 3.8) is 0 Å². The number of benzene rings is 1. The monoisotopic (exact) mass is 299 g/mol. The summed E-state index contributed by atoms with van der Waals surface area (Å²) in [5.74, 6) is 0.995. The molecule has 0 bridgehead atoms. The van der Waals surface area contributed by atoms with Crippen molar-refractivity contribution in [3.8, 4) is 0 Å². The first kappa shape index (κ1) is 15.2. The molecular formula is C14H16F3N3O. The Morgan fingerprint density at radius 1 is 1.24 bits per heavy atom. The van der Waals surface area contributed by atoms with Crippen LogP contribution in [0.1, 0.15) is 12.2 Å². The maximum atomic E-state index is 12.1. The summed E-state index contributed by atoms with van der Waals surface area (Å²) in [6.07, 6.45) is -5.08. The molecule has 0 aliphatic heterocycles. The van der Waals surface area contributed by atoms with Gasteiger partial charge in [0.05, 0.1) is 13.0 Å². The normalized spacial score (nSPS) is 12.7. The molecule has 114 valence electrons. The van der Waals surface area contributed by atoms with Gasteiger partial charge in [0, 0.05) is 19.0 Å². The highest BCUT2D eigenvalue weighted by atomic mass is 19.4. The molecule has 0 atom stereocenters. The molecule has 0 amide bonds. The zero-order valence-electron chi connectivity index (χ0n) is 11.5. The van der Waals surface area contributed by atoms with Crippen LogP contribution in [0.4, 0.5) is 13.2 Å². The molecule has 7 heteroatoms. The number of para-hydroxylation sites is 1. The molecule has 2 aromatic rings. The van der Waals surface area contributed by atoms with Crippen LogP contribution in [0.15, 0.2) is 39.7 Å². The van der Waals surface area contributed by atoms with Crippen molar-refractivity contribution >= 4 is 16.9 Å². The second-order valence-electron chi connectivity index (χ2n) is 4.47. The van der Waals surface area contributed by atoms with E-state index in [2.05, 4.69) is 15.6 Å². The topological polar surface area (TPSA) is 49.6 Å². The lowest BCUT2D eigenvalue weighted by molar-refractivity contribution is -0.132. The Bertz CT molecular complexity index is 586. The van der Waals surface area contributed by atoms with Crippen LogP contribution >= 0.6 is 0 Å². The van der Waals surface area contributed by atoms with E-state index in [1.807, 2.05) is 30.3 Å². The second kappa shape index (κ2) is 6.51. The fourth-order valence-electron chi connectivity index (χ4n) is 1.84. The first-order chi connectivity index (χ1) is 9.98. The van der Waals surface area contributed by atoms with Gasteiger partial charge in [-0.25, -0.2) is 0 Å². The average molecular weight is 299 g/mol. The lowest BCUT2D eigenvalue weighted by Gasteiger charge is -2.11. The van der Waals surface area contributed by atoms with E-state index in [9.17, 15) is 13.2 Å². The van der Waals surface area contributed by atoms with Crippen molar-refractivity contribution < 1.29 is 17.6 Å². The fraction of sp³-hybridized carbons (Fsp3) is 0.357. The standard InChI is InChI=1S/C14H16F3N3O/c1-18-13(19-7-6-14(15,16)17)20-9-11-8-10-4-2-3-5-12(10)21-11/h2-5,8H,6-7,9H2,1H3,(H2,18,19,20). The average Bonchev–Trinajstić information content (AvgIpc) is 2.84. The minimum atomic E-state index is -4.18. The molecule has 0 unspecified atom stereocenters. The van der Waals surface area contributed by atoms with E-state index in [-0.39, 0.29) is 6.54 Å². The van der Waals surface area contributed by atoms with Crippen molar-refractivity contribution in [1.29, 1.82) is 0 Å². The highest BCUT2D eigenvalue weighted by Gasteiger charge is 2.26. The molecule has 0 spiro atoms. The number of fused-ring (bicyclic) bond motifs is 1. The Morgan fingerprint density at radius 2 is 2.00 bits per heavy atom. The van der Waals surface area contributed by atoms with Crippen LogP contribution in [-0.2, 0) is 6.54 Å². The lowest BCUT2D eigenvalue weighted by atomic mass is 10.2. The van der Waals surface area contributed by atoms with E-state index in [1.165, 1.54) is 7.05 Å². The van der Waals surface area contributed by atoms with Crippen LogP contribution in [-0.4, -0.2) is 25.7 Å². The van der Waals surface area contributed by atoms with Crippen molar-refractivity contribution in [3.05, 3.63) is 36.1 Å². The van der Waals surface area contributed by atoms with E-state index < -0.39 is 12.6 Å². The highest BCUT2D eigenvalue weighted by molar-refractivity contribution is 5.80. The van der Waals surface area contributed by atoms with Gasteiger partial charge in [-0.3, -0.25) is 4.99 Å². The predicted octanol–water partition coefficient (Wildman–Crippen LogP) is 3.05. The van der Waals surface area contributed by atoms with E-state index in [0.29, 0.717) is 18.3 Å². The largest absolute Gasteiger partial charge is 0.459 e. The Balaban J connectivity index is 1.85. The molecule has 0 saturated carbocycles. The summed E-state index contributed by atoms with van der Waals surface area (Å²) in [5, 5.41) is 6.50. The molecule has 1 aromatic carbocycles. The van der Waals surface area contributed by atoms with Crippen LogP contribution in [0.2, 0.25) is 0 Å². The van der Waals surface area contributed by atoms with Crippen molar-refractivity contribution in [2.45, 2.75) is 19.1 Å². The lowest BCUT2D eigenvalue weighted by Crippen LogP contribution is -2.38. The maximum absolute atomic E-state index is 12.1. The molecule has 0 radical (unpaired) electrons. The number of guanidine groups is 1. The number of aliphatic imine (C=N–C) groups is 1. The molecular weight excluding hydrogens is 283 g/mol. The van der Waals surface area contributed by atoms with Crippen LogP contribution < -0.4 is 10.6 Å². The SMILES string of the molecule is CN=C(NCCC(F)(F)F)NCc1cc2ccccc2o1. The summed E-state index contributed by atoms with van der Waals surface area (Å²) < 4.78 is 41.8. The molecule has 0 aliphatic rings. The minimum Gasteiger partial charge on any atom is -0.459 e. The molecule has 1 aromatic heterocycles. The van der Waals surface area contributed by atoms with Gasteiger partial charge in [0.25, 0.3) is 0 Å². The zero-order valence-corrected chi connectivity index (χ0v) is 11.5. The van der Waals surface area contributed by atoms with Gasteiger partial charge >= 0.3 is 6.18 Å². The first-order valence-electron chi connectivity index (χ1n) is 6.46. The summed E-state index contributed by atoms with van der Waals surface area (Å²) in [5.41, 5.74) is 0.773. The summed E-state index contributed by atoms with van der Waals surface area (Å²) in [6.45, 7) is 0.129. The quantitative estimate of drug-likeness (QED) is 0.674. The maximum Gasteiger partial charge on any atom is 0.390 e. The first-order valence-corrected chi connectivity index (χ1v) is 6.46. The molecule has 21 heavy (non-hydrogen) atoms. The molecule has 0 saturated heterocycles. The van der Waals surface area contributed by atoms with E-state index in [0.717, 1.165) is 11.0 Å². The van der Waals surface area contributed by atoms with Gasteiger partial charge in [-0.05, 0) is 12.1 Å². The van der Waals surface area contributed by atoms with Gasteiger partial charge in [0.2, 0.25) is 0 Å². The van der Waals surface area contributed by atoms with Gasteiger partial charge in [0.1, 0.15) is 11.3 Å². The summed E-state index contributed by atoms with van der Waals surface area (Å²) in [4.78, 5) is 3.86. The smallest absolute Gasteiger partial charge is 0.390 e. The highest BCUT2D eigenvalue weighted by Crippen LogP contribution is 2.19. The number of nitrogens with zero attached hydrogens (tertiary/aromatic N) is 1. The predicted molar refractivity (Wildman–Crippen MR) is 75.1 cm³/mol. The number of nitrogens with one attached hydrogen (secondary N) is 2. The number of alkyl halides is 3. The Kier molecular flexibility index (Phi) is 4.72. The third-order valence-electron chi connectivity index (χ3n) is 2.83. The molecule has 2 rings (SSSR count). The van der Waals surface area contributed by atoms with Gasteiger partial charge in [-0.15, -0.1) is 0 Å². The van der Waals surface area contributed by atoms with Crippen LogP contribution in [0.3, 0.4) is 0 Å². The van der Waals surface area contributed by atoms with Crippen molar-refractivity contribution in [1.82, 2.24) is 10.6 Å². The zero-order chi connectivity index (χ0) is 15.3. The number of hydrogen-bond donors (Lipinski definition) is 2. The van der Waals surface area contributed by atoms with Crippen LogP contribution in [0.5, 0.6) is 0 Å². The Labute approximate surface area is 120 Å². The van der Waals surface area contributed by atoms with Crippen LogP contribution in [0.25, 0.3) is 11.0 Å². The molecule has 4 nitrogen and oxygen atoms in total. The van der Waals surface area contributed by atoms with E-state index in [4.69, 9.17) is 4.42 Å². The van der Waals surface area contributed by atoms with Gasteiger partial charge in [0.15, 0.2) is 5.96 Å². The fourth-order valence-corrected chi connectivity index (χ4v) is 1.84. The minimum absolute atomic E-state index is 0.219. The van der Waals surface area contributed by atoms with Gasteiger partial charge in [-0.1, -0.05) is 18.2 Å². The number of furan rings is 1. The Morgan fingerprint density at radius 3 is 2.67 bits per heavy atom. The molecule has 2 N–H and O–H groups in total. The summed E-state index contributed by atoms with van der Waals surface area (Å²) in [6, 6.07) is 9.45. The van der Waals surface area contributed by atoms with Gasteiger partial charge in [-0.2, -0.15) is 13.2 Å². The van der Waals surface area contributed by atoms with Gasteiger partial charge < -0.3 is 15.1 Å². The third-order valence-corrected chi connectivity index (χ3v) is 2.83. The van der Waals surface area contributed by atoms with Crippen molar-refractivity contribution in [2.75, 3.05) is 13.6 Å². The molecule has 1 heterocycles. The molecule has 0 aliphatic carbocycles.